The summed E-state index contributed by atoms with van der Waals surface area (Å²) >= 11 is 0. The second-order valence-electron chi connectivity index (χ2n) is 5.94. The third kappa shape index (κ3) is 3.76. The Hall–Kier alpha value is -2.34. The molecular weight excluding hydrogens is 304 g/mol. The first-order chi connectivity index (χ1) is 11.7. The van der Waals surface area contributed by atoms with E-state index in [1.807, 2.05) is 24.3 Å². The number of nitrogens with two attached hydrogens (primary N) is 1. The van der Waals surface area contributed by atoms with Crippen LogP contribution in [0.2, 0.25) is 0 Å². The maximum absolute atomic E-state index is 5.95. The molecule has 2 heterocycles. The molecule has 3 rings (SSSR count). The molecular formula is C18H24N4O2. The molecule has 0 radical (unpaired) electrons. The number of benzene rings is 1. The Balaban J connectivity index is 1.84. The van der Waals surface area contributed by atoms with Gasteiger partial charge < -0.3 is 20.1 Å². The minimum atomic E-state index is 0.310. The van der Waals surface area contributed by atoms with E-state index in [1.54, 1.807) is 7.11 Å². The molecule has 24 heavy (non-hydrogen) atoms. The second-order valence-corrected chi connectivity index (χ2v) is 5.94. The summed E-state index contributed by atoms with van der Waals surface area (Å²) < 4.78 is 10.8. The summed E-state index contributed by atoms with van der Waals surface area (Å²) in [6.07, 6.45) is 0.984. The Labute approximate surface area is 142 Å². The van der Waals surface area contributed by atoms with Crippen LogP contribution in [0.15, 0.2) is 30.3 Å². The van der Waals surface area contributed by atoms with Crippen molar-refractivity contribution in [1.29, 1.82) is 0 Å². The van der Waals surface area contributed by atoms with Crippen molar-refractivity contribution in [3.05, 3.63) is 41.6 Å². The van der Waals surface area contributed by atoms with Crippen molar-refractivity contribution < 1.29 is 9.47 Å². The maximum Gasteiger partial charge on any atom is 0.222 e. The fourth-order valence-corrected chi connectivity index (χ4v) is 2.96. The van der Waals surface area contributed by atoms with Gasteiger partial charge in [-0.15, -0.1) is 0 Å². The van der Waals surface area contributed by atoms with E-state index in [9.17, 15) is 0 Å². The Morgan fingerprint density at radius 2 is 2.21 bits per heavy atom. The van der Waals surface area contributed by atoms with Crippen LogP contribution >= 0.6 is 0 Å². The highest BCUT2D eigenvalue weighted by Crippen LogP contribution is 2.27. The number of hydrogen-bond acceptors (Lipinski definition) is 6. The van der Waals surface area contributed by atoms with Gasteiger partial charge in [0.25, 0.3) is 0 Å². The molecule has 0 spiro atoms. The zero-order valence-corrected chi connectivity index (χ0v) is 14.2. The number of nitrogens with zero attached hydrogens (tertiary/aromatic N) is 3. The normalized spacial score (nSPS) is 17.0. The van der Waals surface area contributed by atoms with Crippen molar-refractivity contribution in [3.8, 4) is 5.75 Å². The van der Waals surface area contributed by atoms with E-state index in [2.05, 4.69) is 27.9 Å². The summed E-state index contributed by atoms with van der Waals surface area (Å²) in [5.74, 6) is 2.34. The summed E-state index contributed by atoms with van der Waals surface area (Å²) in [4.78, 5) is 11.0. The molecule has 0 unspecified atom stereocenters. The van der Waals surface area contributed by atoms with Gasteiger partial charge in [-0.1, -0.05) is 12.1 Å². The summed E-state index contributed by atoms with van der Waals surface area (Å²) in [6.45, 7) is 5.17. The first kappa shape index (κ1) is 16.5. The zero-order valence-electron chi connectivity index (χ0n) is 14.2. The average Bonchev–Trinajstić information content (AvgIpc) is 3.14. The van der Waals surface area contributed by atoms with Crippen molar-refractivity contribution in [2.75, 3.05) is 37.5 Å². The van der Waals surface area contributed by atoms with E-state index in [-0.39, 0.29) is 0 Å². The van der Waals surface area contributed by atoms with Gasteiger partial charge in [0.15, 0.2) is 0 Å². The molecule has 1 aliphatic rings. The molecule has 128 valence electrons. The predicted molar refractivity (Wildman–Crippen MR) is 94.3 cm³/mol. The van der Waals surface area contributed by atoms with Crippen LogP contribution in [0.5, 0.6) is 5.75 Å². The third-order valence-corrected chi connectivity index (χ3v) is 4.31. The molecule has 1 atom stereocenters. The number of methoxy groups -OCH3 is 1. The van der Waals surface area contributed by atoms with Crippen LogP contribution in [0.25, 0.3) is 0 Å². The molecule has 1 saturated heterocycles. The van der Waals surface area contributed by atoms with E-state index in [0.717, 1.165) is 43.4 Å². The minimum absolute atomic E-state index is 0.310. The van der Waals surface area contributed by atoms with E-state index in [0.29, 0.717) is 18.5 Å². The van der Waals surface area contributed by atoms with E-state index in [1.165, 1.54) is 5.56 Å². The number of aromatic nitrogens is 2. The fraction of sp³-hybridized carbons (Fsp3) is 0.444. The van der Waals surface area contributed by atoms with Gasteiger partial charge in [0.1, 0.15) is 11.6 Å². The fourth-order valence-electron chi connectivity index (χ4n) is 2.96. The average molecular weight is 328 g/mol. The van der Waals surface area contributed by atoms with Crippen LogP contribution < -0.4 is 15.4 Å². The summed E-state index contributed by atoms with van der Waals surface area (Å²) in [6, 6.07) is 10.1. The summed E-state index contributed by atoms with van der Waals surface area (Å²) in [7, 11) is 1.68. The van der Waals surface area contributed by atoms with Crippen LogP contribution in [0.3, 0.4) is 0 Å². The molecule has 2 aromatic rings. The van der Waals surface area contributed by atoms with Gasteiger partial charge in [-0.2, -0.15) is 4.98 Å². The lowest BCUT2D eigenvalue weighted by atomic mass is 10.0. The zero-order chi connectivity index (χ0) is 16.9. The van der Waals surface area contributed by atoms with Gasteiger partial charge in [0.2, 0.25) is 5.95 Å². The molecule has 6 heteroatoms. The Kier molecular flexibility index (Phi) is 5.15. The lowest BCUT2D eigenvalue weighted by Crippen LogP contribution is -2.24. The van der Waals surface area contributed by atoms with Gasteiger partial charge in [-0.05, 0) is 31.0 Å². The van der Waals surface area contributed by atoms with Gasteiger partial charge in [0, 0.05) is 31.7 Å². The van der Waals surface area contributed by atoms with Gasteiger partial charge >= 0.3 is 0 Å². The van der Waals surface area contributed by atoms with Gasteiger partial charge in [-0.25, -0.2) is 4.98 Å². The smallest absolute Gasteiger partial charge is 0.222 e. The molecule has 2 N–H and O–H groups in total. The SMILES string of the molecule is CCN(Cc1cccc(OC)c1)c1cc([C@@H]2CCOC2)nc(N)n1. The standard InChI is InChI=1S/C18H24N4O2/c1-3-22(11-13-5-4-6-15(9-13)23-2)17-10-16(20-18(19)21-17)14-7-8-24-12-14/h4-6,9-10,14H,3,7-8,11-12H2,1-2H3,(H2,19,20,21)/t14-/m1/s1. The van der Waals surface area contributed by atoms with Crippen LogP contribution in [-0.4, -0.2) is 36.8 Å². The van der Waals surface area contributed by atoms with Crippen LogP contribution in [0.1, 0.15) is 30.5 Å². The van der Waals surface area contributed by atoms with Crippen molar-refractivity contribution in [2.45, 2.75) is 25.8 Å². The lowest BCUT2D eigenvalue weighted by Gasteiger charge is -2.23. The molecule has 1 aromatic heterocycles. The van der Waals surface area contributed by atoms with Crippen LogP contribution in [-0.2, 0) is 11.3 Å². The molecule has 1 aromatic carbocycles. The van der Waals surface area contributed by atoms with E-state index < -0.39 is 0 Å². The molecule has 0 amide bonds. The van der Waals surface area contributed by atoms with Gasteiger partial charge in [0.05, 0.1) is 19.4 Å². The molecule has 1 fully saturated rings. The number of nitrogen functional groups attached to an aromatic ring is 1. The Morgan fingerprint density at radius 1 is 1.33 bits per heavy atom. The highest BCUT2D eigenvalue weighted by Gasteiger charge is 2.21. The summed E-state index contributed by atoms with van der Waals surface area (Å²) in [5, 5.41) is 0. The largest absolute Gasteiger partial charge is 0.497 e. The topological polar surface area (TPSA) is 73.5 Å². The number of ether oxygens (including phenoxy) is 2. The predicted octanol–water partition coefficient (Wildman–Crippen LogP) is 2.60. The molecule has 1 aliphatic heterocycles. The third-order valence-electron chi connectivity index (χ3n) is 4.31. The van der Waals surface area contributed by atoms with Crippen molar-refractivity contribution in [3.63, 3.8) is 0 Å². The molecule has 0 bridgehead atoms. The van der Waals surface area contributed by atoms with Crippen molar-refractivity contribution in [2.24, 2.45) is 0 Å². The number of hydrogen-bond donors (Lipinski definition) is 1. The Morgan fingerprint density at radius 3 is 2.92 bits per heavy atom. The van der Waals surface area contributed by atoms with E-state index in [4.69, 9.17) is 15.2 Å². The Bertz CT molecular complexity index is 686. The van der Waals surface area contributed by atoms with Crippen LogP contribution in [0.4, 0.5) is 11.8 Å². The van der Waals surface area contributed by atoms with Crippen molar-refractivity contribution in [1.82, 2.24) is 9.97 Å². The lowest BCUT2D eigenvalue weighted by molar-refractivity contribution is 0.193. The second kappa shape index (κ2) is 7.49. The summed E-state index contributed by atoms with van der Waals surface area (Å²) in [5.41, 5.74) is 8.09. The molecule has 0 aliphatic carbocycles. The quantitative estimate of drug-likeness (QED) is 0.878. The highest BCUT2D eigenvalue weighted by atomic mass is 16.5. The van der Waals surface area contributed by atoms with Crippen molar-refractivity contribution >= 4 is 11.8 Å². The first-order valence-corrected chi connectivity index (χ1v) is 8.29. The first-order valence-electron chi connectivity index (χ1n) is 8.29. The van der Waals surface area contributed by atoms with Crippen LogP contribution in [0, 0.1) is 0 Å². The molecule has 6 nitrogen and oxygen atoms in total. The highest BCUT2D eigenvalue weighted by molar-refractivity contribution is 5.45. The van der Waals surface area contributed by atoms with Gasteiger partial charge in [-0.3, -0.25) is 0 Å². The number of anilines is 2. The van der Waals surface area contributed by atoms with E-state index >= 15 is 0 Å². The minimum Gasteiger partial charge on any atom is -0.497 e. The monoisotopic (exact) mass is 328 g/mol. The molecule has 0 saturated carbocycles. The number of rotatable bonds is 6. The maximum atomic E-state index is 5.95.